The first-order chi connectivity index (χ1) is 19.7. The van der Waals surface area contributed by atoms with Crippen LogP contribution >= 0.6 is 27.7 Å². The summed E-state index contributed by atoms with van der Waals surface area (Å²) in [7, 11) is 0. The number of hydrogen-bond acceptors (Lipinski definition) is 5. The molecule has 9 heteroatoms. The van der Waals surface area contributed by atoms with Crippen molar-refractivity contribution in [2.45, 2.75) is 53.7 Å². The maximum Gasteiger partial charge on any atom is 0.248 e. The minimum absolute atomic E-state index is 0.0217. The first-order valence-electron chi connectivity index (χ1n) is 14.1. The second kappa shape index (κ2) is 11.1. The van der Waals surface area contributed by atoms with Gasteiger partial charge in [0.15, 0.2) is 0 Å². The Kier molecular flexibility index (Phi) is 7.63. The number of hydrogen-bond donors (Lipinski definition) is 3. The summed E-state index contributed by atoms with van der Waals surface area (Å²) in [5.74, 6) is -1.98. The van der Waals surface area contributed by atoms with Gasteiger partial charge >= 0.3 is 0 Å². The summed E-state index contributed by atoms with van der Waals surface area (Å²) in [4.78, 5) is 43.9. The Morgan fingerprint density at radius 2 is 1.76 bits per heavy atom. The highest BCUT2D eigenvalue weighted by atomic mass is 79.9. The molecule has 7 atom stereocenters. The minimum Gasteiger partial charge on any atom is -0.394 e. The van der Waals surface area contributed by atoms with Gasteiger partial charge in [-0.05, 0) is 40.8 Å². The molecule has 3 aromatic carbocycles. The number of alkyl halides is 1. The highest BCUT2D eigenvalue weighted by Crippen LogP contribution is 2.68. The Morgan fingerprint density at radius 1 is 1.05 bits per heavy atom. The number of nitrogens with zero attached hydrogens (tertiary/aromatic N) is 1. The number of benzene rings is 3. The number of aliphatic hydroxyl groups excluding tert-OH is 1. The Bertz CT molecular complexity index is 1490. The third-order valence-corrected chi connectivity index (χ3v) is 12.1. The van der Waals surface area contributed by atoms with E-state index in [0.717, 1.165) is 16.3 Å². The molecule has 1 spiro atoms. The fraction of sp³-hybridized carbons (Fsp3) is 0.406. The van der Waals surface area contributed by atoms with Crippen LogP contribution < -0.4 is 10.6 Å². The summed E-state index contributed by atoms with van der Waals surface area (Å²) in [5, 5.41) is 18.5. The summed E-state index contributed by atoms with van der Waals surface area (Å²) in [5.41, 5.74) is 1.63. The monoisotopic (exact) mass is 635 g/mol. The quantitative estimate of drug-likeness (QED) is 0.315. The van der Waals surface area contributed by atoms with Crippen LogP contribution in [0.25, 0.3) is 10.8 Å². The summed E-state index contributed by atoms with van der Waals surface area (Å²) in [6.07, 6.45) is 0.587. The van der Waals surface area contributed by atoms with Gasteiger partial charge < -0.3 is 20.6 Å². The van der Waals surface area contributed by atoms with E-state index in [9.17, 15) is 19.5 Å². The molecule has 3 heterocycles. The van der Waals surface area contributed by atoms with Gasteiger partial charge in [-0.1, -0.05) is 90.4 Å². The van der Waals surface area contributed by atoms with Gasteiger partial charge in [0.25, 0.3) is 0 Å². The molecule has 41 heavy (non-hydrogen) atoms. The lowest BCUT2D eigenvalue weighted by Crippen LogP contribution is -2.56. The predicted molar refractivity (Wildman–Crippen MR) is 166 cm³/mol. The van der Waals surface area contributed by atoms with Crippen molar-refractivity contribution in [2.75, 3.05) is 11.9 Å². The molecule has 2 bridgehead atoms. The third-order valence-electron chi connectivity index (χ3n) is 8.92. The van der Waals surface area contributed by atoms with Gasteiger partial charge in [-0.2, -0.15) is 0 Å². The number of amides is 3. The van der Waals surface area contributed by atoms with E-state index >= 15 is 0 Å². The number of rotatable bonds is 8. The van der Waals surface area contributed by atoms with Crippen LogP contribution in [-0.4, -0.2) is 61.2 Å². The summed E-state index contributed by atoms with van der Waals surface area (Å²) >= 11 is 5.41. The lowest BCUT2D eigenvalue weighted by atomic mass is 9.70. The minimum atomic E-state index is -0.826. The van der Waals surface area contributed by atoms with Gasteiger partial charge in [0, 0.05) is 22.3 Å². The molecule has 7 nitrogen and oxygen atoms in total. The lowest BCUT2D eigenvalue weighted by Gasteiger charge is -2.38. The van der Waals surface area contributed by atoms with Crippen molar-refractivity contribution in [3.63, 3.8) is 0 Å². The number of halogens is 1. The van der Waals surface area contributed by atoms with Crippen molar-refractivity contribution in [2.24, 2.45) is 17.8 Å². The average Bonchev–Trinajstić information content (AvgIpc) is 3.56. The van der Waals surface area contributed by atoms with Gasteiger partial charge in [-0.15, -0.1) is 11.8 Å². The Morgan fingerprint density at radius 3 is 2.46 bits per heavy atom. The van der Waals surface area contributed by atoms with Crippen molar-refractivity contribution in [3.8, 4) is 0 Å². The molecule has 0 radical (unpaired) electrons. The number of carbonyl (C=O) groups is 3. The fourth-order valence-corrected chi connectivity index (χ4v) is 10.6. The van der Waals surface area contributed by atoms with Crippen LogP contribution in [0.15, 0.2) is 72.8 Å². The van der Waals surface area contributed by atoms with E-state index in [0.29, 0.717) is 18.7 Å². The van der Waals surface area contributed by atoms with Gasteiger partial charge in [0.1, 0.15) is 6.04 Å². The maximum atomic E-state index is 14.3. The van der Waals surface area contributed by atoms with Crippen LogP contribution in [0.3, 0.4) is 0 Å². The molecule has 3 unspecified atom stereocenters. The molecule has 0 aliphatic carbocycles. The van der Waals surface area contributed by atoms with E-state index in [1.54, 1.807) is 16.7 Å². The lowest BCUT2D eigenvalue weighted by molar-refractivity contribution is -0.142. The zero-order valence-corrected chi connectivity index (χ0v) is 25.4. The SMILES string of the molecule is CC(C)[C@H](CO)N1C(=O)[C@@H]2[C@@H](C(=O)NCc3ccccc3)[C@@H]3SC2(CC3Br)C1C(=O)Nc1ccc2ccccc2c1. The number of fused-ring (bicyclic) bond motifs is 2. The topological polar surface area (TPSA) is 98.7 Å². The number of nitrogens with one attached hydrogen (secondary N) is 2. The third kappa shape index (κ3) is 4.76. The van der Waals surface area contributed by atoms with Gasteiger partial charge in [0.2, 0.25) is 17.7 Å². The second-order valence-corrected chi connectivity index (χ2v) is 14.4. The van der Waals surface area contributed by atoms with Crippen LogP contribution in [0, 0.1) is 17.8 Å². The molecule has 3 fully saturated rings. The smallest absolute Gasteiger partial charge is 0.248 e. The van der Waals surface area contributed by atoms with Crippen LogP contribution in [0.2, 0.25) is 0 Å². The normalized spacial score (nSPS) is 29.1. The standard InChI is InChI=1S/C32H34BrN3O4S/c1-18(2)24(17-37)36-28(30(39)35-22-13-12-20-10-6-7-11-21(20)14-22)32-15-23(33)27(41-32)25(26(32)31(36)40)29(38)34-16-19-8-4-3-5-9-19/h3-14,18,23-28,37H,15-17H2,1-2H3,(H,34,38)(H,35,39)/t23?,24-,25+,26-,27+,28?,32?/m0/s1. The van der Waals surface area contributed by atoms with Crippen molar-refractivity contribution in [1.82, 2.24) is 10.2 Å². The van der Waals surface area contributed by atoms with Crippen molar-refractivity contribution >= 4 is 61.9 Å². The molecule has 3 aliphatic heterocycles. The summed E-state index contributed by atoms with van der Waals surface area (Å²) in [6.45, 7) is 4.00. The molecule has 3 aliphatic rings. The second-order valence-electron chi connectivity index (χ2n) is 11.7. The molecule has 3 amide bonds. The Balaban J connectivity index is 1.35. The number of thioether (sulfide) groups is 1. The van der Waals surface area contributed by atoms with Crippen molar-refractivity contribution < 1.29 is 19.5 Å². The highest BCUT2D eigenvalue weighted by Gasteiger charge is 2.76. The fourth-order valence-electron chi connectivity index (χ4n) is 7.02. The first-order valence-corrected chi connectivity index (χ1v) is 15.9. The summed E-state index contributed by atoms with van der Waals surface area (Å²) in [6, 6.07) is 22.0. The van der Waals surface area contributed by atoms with Crippen molar-refractivity contribution in [3.05, 3.63) is 78.4 Å². The molecular weight excluding hydrogens is 602 g/mol. The van der Waals surface area contributed by atoms with Gasteiger partial charge in [-0.3, -0.25) is 14.4 Å². The van der Waals surface area contributed by atoms with Crippen LogP contribution in [0.4, 0.5) is 5.69 Å². The Hall–Kier alpha value is -2.88. The van der Waals surface area contributed by atoms with E-state index in [1.807, 2.05) is 86.6 Å². The zero-order chi connectivity index (χ0) is 28.9. The van der Waals surface area contributed by atoms with E-state index < -0.39 is 28.7 Å². The van der Waals surface area contributed by atoms with Crippen molar-refractivity contribution in [1.29, 1.82) is 0 Å². The molecule has 214 valence electrons. The molecule has 6 rings (SSSR count). The Labute approximate surface area is 252 Å². The number of aliphatic hydroxyl groups is 1. The summed E-state index contributed by atoms with van der Waals surface area (Å²) < 4.78 is -0.784. The molecule has 0 aromatic heterocycles. The van der Waals surface area contributed by atoms with E-state index in [2.05, 4.69) is 26.6 Å². The zero-order valence-electron chi connectivity index (χ0n) is 23.0. The number of carbonyl (C=O) groups excluding carboxylic acids is 3. The van der Waals surface area contributed by atoms with E-state index in [1.165, 1.54) is 0 Å². The van der Waals surface area contributed by atoms with Crippen LogP contribution in [-0.2, 0) is 20.9 Å². The van der Waals surface area contributed by atoms with E-state index in [-0.39, 0.29) is 40.3 Å². The van der Waals surface area contributed by atoms with Crippen LogP contribution in [0.5, 0.6) is 0 Å². The molecule has 3 saturated heterocycles. The first kappa shape index (κ1) is 28.2. The largest absolute Gasteiger partial charge is 0.394 e. The van der Waals surface area contributed by atoms with E-state index in [4.69, 9.17) is 0 Å². The van der Waals surface area contributed by atoms with Gasteiger partial charge in [0.05, 0.1) is 29.2 Å². The predicted octanol–water partition coefficient (Wildman–Crippen LogP) is 4.58. The number of anilines is 1. The molecule has 0 saturated carbocycles. The maximum absolute atomic E-state index is 14.3. The average molecular weight is 637 g/mol. The molecule has 3 N–H and O–H groups in total. The van der Waals surface area contributed by atoms with Crippen LogP contribution in [0.1, 0.15) is 25.8 Å². The number of likely N-dealkylation sites (tertiary alicyclic amines) is 1. The molecule has 3 aromatic rings. The van der Waals surface area contributed by atoms with Gasteiger partial charge in [-0.25, -0.2) is 0 Å². The highest BCUT2D eigenvalue weighted by molar-refractivity contribution is 9.09. The molecular formula is C32H34BrN3O4S.